The Bertz CT molecular complexity index is 434. The Morgan fingerprint density at radius 1 is 1.41 bits per heavy atom. The van der Waals surface area contributed by atoms with Crippen LogP contribution in [0.4, 0.5) is 0 Å². The maximum absolute atomic E-state index is 11.9. The summed E-state index contributed by atoms with van der Waals surface area (Å²) >= 11 is 0. The maximum atomic E-state index is 11.9. The SMILES string of the molecule is CC1=C(C(=O)OCc2ccccc2)[C@@H](C)CO1. The standard InChI is InChI=1S/C14H16O3/c1-10-8-16-11(2)13(10)14(15)17-9-12-6-4-3-5-7-12/h3-7,10H,8-9H2,1-2H3/t10-/m0/s1. The molecule has 3 nitrogen and oxygen atoms in total. The van der Waals surface area contributed by atoms with E-state index in [1.54, 1.807) is 0 Å². The lowest BCUT2D eigenvalue weighted by atomic mass is 10.0. The first kappa shape index (κ1) is 11.7. The van der Waals surface area contributed by atoms with Gasteiger partial charge in [0.05, 0.1) is 12.2 Å². The predicted octanol–water partition coefficient (Wildman–Crippen LogP) is 2.67. The zero-order valence-electron chi connectivity index (χ0n) is 10.1. The largest absolute Gasteiger partial charge is 0.497 e. The molecular formula is C14H16O3. The molecule has 0 aromatic heterocycles. The first-order chi connectivity index (χ1) is 8.18. The van der Waals surface area contributed by atoms with Crippen LogP contribution in [0.15, 0.2) is 41.7 Å². The quantitative estimate of drug-likeness (QED) is 0.751. The molecular weight excluding hydrogens is 216 g/mol. The lowest BCUT2D eigenvalue weighted by Crippen LogP contribution is -2.13. The Hall–Kier alpha value is -1.77. The molecule has 1 aliphatic heterocycles. The highest BCUT2D eigenvalue weighted by Crippen LogP contribution is 2.25. The minimum atomic E-state index is -0.267. The van der Waals surface area contributed by atoms with Crippen molar-refractivity contribution in [2.45, 2.75) is 20.5 Å². The van der Waals surface area contributed by atoms with Gasteiger partial charge in [0.1, 0.15) is 12.4 Å². The van der Waals surface area contributed by atoms with Crippen LogP contribution in [0, 0.1) is 5.92 Å². The maximum Gasteiger partial charge on any atom is 0.338 e. The fourth-order valence-electron chi connectivity index (χ4n) is 1.90. The van der Waals surface area contributed by atoms with Crippen molar-refractivity contribution in [1.82, 2.24) is 0 Å². The highest BCUT2D eigenvalue weighted by Gasteiger charge is 2.28. The minimum Gasteiger partial charge on any atom is -0.497 e. The van der Waals surface area contributed by atoms with Crippen LogP contribution >= 0.6 is 0 Å². The van der Waals surface area contributed by atoms with E-state index in [0.717, 1.165) is 5.56 Å². The van der Waals surface area contributed by atoms with Gasteiger partial charge in [0.15, 0.2) is 0 Å². The third-order valence-electron chi connectivity index (χ3n) is 2.85. The van der Waals surface area contributed by atoms with Crippen molar-refractivity contribution in [2.75, 3.05) is 6.61 Å². The van der Waals surface area contributed by atoms with Gasteiger partial charge in [0.25, 0.3) is 0 Å². The summed E-state index contributed by atoms with van der Waals surface area (Å²) in [4.78, 5) is 11.9. The Morgan fingerprint density at radius 2 is 2.12 bits per heavy atom. The smallest absolute Gasteiger partial charge is 0.338 e. The van der Waals surface area contributed by atoms with Gasteiger partial charge in [0.2, 0.25) is 0 Å². The molecule has 0 fully saturated rings. The minimum absolute atomic E-state index is 0.123. The zero-order valence-corrected chi connectivity index (χ0v) is 10.1. The number of rotatable bonds is 3. The molecule has 1 atom stereocenters. The molecule has 0 N–H and O–H groups in total. The molecule has 0 amide bonds. The number of ether oxygens (including phenoxy) is 2. The van der Waals surface area contributed by atoms with Gasteiger partial charge in [-0.15, -0.1) is 0 Å². The van der Waals surface area contributed by atoms with E-state index in [2.05, 4.69) is 0 Å². The van der Waals surface area contributed by atoms with Crippen LogP contribution in [-0.4, -0.2) is 12.6 Å². The summed E-state index contributed by atoms with van der Waals surface area (Å²) in [5, 5.41) is 0. The predicted molar refractivity (Wildman–Crippen MR) is 64.1 cm³/mol. The van der Waals surface area contributed by atoms with Crippen molar-refractivity contribution in [2.24, 2.45) is 5.92 Å². The number of benzene rings is 1. The second-order valence-corrected chi connectivity index (χ2v) is 4.24. The lowest BCUT2D eigenvalue weighted by Gasteiger charge is -2.08. The van der Waals surface area contributed by atoms with Crippen molar-refractivity contribution < 1.29 is 14.3 Å². The van der Waals surface area contributed by atoms with Crippen molar-refractivity contribution in [1.29, 1.82) is 0 Å². The number of hydrogen-bond donors (Lipinski definition) is 0. The lowest BCUT2D eigenvalue weighted by molar-refractivity contribution is -0.140. The van der Waals surface area contributed by atoms with Crippen LogP contribution < -0.4 is 0 Å². The van der Waals surface area contributed by atoms with Gasteiger partial charge in [-0.05, 0) is 12.5 Å². The van der Waals surface area contributed by atoms with Crippen molar-refractivity contribution >= 4 is 5.97 Å². The van der Waals surface area contributed by atoms with E-state index in [1.165, 1.54) is 0 Å². The second kappa shape index (κ2) is 5.04. The fourth-order valence-corrected chi connectivity index (χ4v) is 1.90. The van der Waals surface area contributed by atoms with Crippen LogP contribution in [0.1, 0.15) is 19.4 Å². The summed E-state index contributed by atoms with van der Waals surface area (Å²) in [6.07, 6.45) is 0. The number of allylic oxidation sites excluding steroid dienone is 1. The molecule has 2 rings (SSSR count). The molecule has 0 bridgehead atoms. The van der Waals surface area contributed by atoms with Crippen molar-refractivity contribution in [3.63, 3.8) is 0 Å². The van der Waals surface area contributed by atoms with Crippen molar-refractivity contribution in [3.05, 3.63) is 47.2 Å². The van der Waals surface area contributed by atoms with E-state index in [4.69, 9.17) is 9.47 Å². The van der Waals surface area contributed by atoms with Gasteiger partial charge < -0.3 is 9.47 Å². The average Bonchev–Trinajstić information content (AvgIpc) is 2.67. The molecule has 0 radical (unpaired) electrons. The molecule has 1 heterocycles. The zero-order chi connectivity index (χ0) is 12.3. The third kappa shape index (κ3) is 2.67. The van der Waals surface area contributed by atoms with Crippen molar-refractivity contribution in [3.8, 4) is 0 Å². The topological polar surface area (TPSA) is 35.5 Å². The monoisotopic (exact) mass is 232 g/mol. The Morgan fingerprint density at radius 3 is 2.71 bits per heavy atom. The molecule has 17 heavy (non-hydrogen) atoms. The third-order valence-corrected chi connectivity index (χ3v) is 2.85. The molecule has 1 aliphatic rings. The summed E-state index contributed by atoms with van der Waals surface area (Å²) in [5.74, 6) is 0.546. The molecule has 0 aliphatic carbocycles. The summed E-state index contributed by atoms with van der Waals surface area (Å²) in [5.41, 5.74) is 1.66. The van der Waals surface area contributed by atoms with Crippen LogP contribution in [-0.2, 0) is 20.9 Å². The van der Waals surface area contributed by atoms with E-state index in [9.17, 15) is 4.79 Å². The summed E-state index contributed by atoms with van der Waals surface area (Å²) in [6, 6.07) is 9.65. The Labute approximate surface area is 101 Å². The number of carbonyl (C=O) groups excluding carboxylic acids is 1. The van der Waals surface area contributed by atoms with Gasteiger partial charge in [0, 0.05) is 5.92 Å². The van der Waals surface area contributed by atoms with E-state index < -0.39 is 0 Å². The second-order valence-electron chi connectivity index (χ2n) is 4.24. The Kier molecular flexibility index (Phi) is 3.47. The summed E-state index contributed by atoms with van der Waals surface area (Å²) in [6.45, 7) is 4.66. The van der Waals surface area contributed by atoms with Crippen LogP contribution in [0.2, 0.25) is 0 Å². The molecule has 90 valence electrons. The first-order valence-corrected chi connectivity index (χ1v) is 5.73. The highest BCUT2D eigenvalue weighted by molar-refractivity contribution is 5.89. The summed E-state index contributed by atoms with van der Waals surface area (Å²) in [7, 11) is 0. The summed E-state index contributed by atoms with van der Waals surface area (Å²) < 4.78 is 10.6. The molecule has 0 saturated carbocycles. The van der Waals surface area contributed by atoms with Crippen LogP contribution in [0.3, 0.4) is 0 Å². The average molecular weight is 232 g/mol. The highest BCUT2D eigenvalue weighted by atomic mass is 16.5. The number of carbonyl (C=O) groups is 1. The van der Waals surface area contributed by atoms with Gasteiger partial charge in [-0.3, -0.25) is 0 Å². The molecule has 0 spiro atoms. The van der Waals surface area contributed by atoms with E-state index in [1.807, 2.05) is 44.2 Å². The molecule has 1 aromatic rings. The van der Waals surface area contributed by atoms with Crippen LogP contribution in [0.5, 0.6) is 0 Å². The first-order valence-electron chi connectivity index (χ1n) is 5.73. The van der Waals surface area contributed by atoms with E-state index in [-0.39, 0.29) is 11.9 Å². The van der Waals surface area contributed by atoms with Gasteiger partial charge in [-0.2, -0.15) is 0 Å². The van der Waals surface area contributed by atoms with Gasteiger partial charge in [-0.25, -0.2) is 4.79 Å². The molecule has 3 heteroatoms. The van der Waals surface area contributed by atoms with Gasteiger partial charge in [-0.1, -0.05) is 37.3 Å². The normalized spacial score (nSPS) is 19.1. The van der Waals surface area contributed by atoms with Gasteiger partial charge >= 0.3 is 5.97 Å². The molecule has 0 unspecified atom stereocenters. The van der Waals surface area contributed by atoms with E-state index >= 15 is 0 Å². The van der Waals surface area contributed by atoms with Crippen LogP contribution in [0.25, 0.3) is 0 Å². The molecule has 0 saturated heterocycles. The Balaban J connectivity index is 1.97. The van der Waals surface area contributed by atoms with E-state index in [0.29, 0.717) is 24.5 Å². The number of hydrogen-bond acceptors (Lipinski definition) is 3. The molecule has 1 aromatic carbocycles. The number of esters is 1. The fraction of sp³-hybridized carbons (Fsp3) is 0.357.